The topological polar surface area (TPSA) is 56.7 Å². The van der Waals surface area contributed by atoms with Crippen molar-refractivity contribution in [3.63, 3.8) is 0 Å². The minimum absolute atomic E-state index is 0. The summed E-state index contributed by atoms with van der Waals surface area (Å²) in [7, 11) is 0. The number of aliphatic imine (C=N–C) groups is 1. The molecule has 2 N–H and O–H groups in total. The second-order valence-corrected chi connectivity index (χ2v) is 7.86. The number of carbonyl (C=O) groups is 1. The van der Waals surface area contributed by atoms with Crippen molar-refractivity contribution >= 4 is 47.2 Å². The van der Waals surface area contributed by atoms with Crippen LogP contribution in [0.2, 0.25) is 0 Å². The van der Waals surface area contributed by atoms with Gasteiger partial charge in [-0.2, -0.15) is 11.3 Å². The van der Waals surface area contributed by atoms with Crippen molar-refractivity contribution in [3.8, 4) is 0 Å². The highest BCUT2D eigenvalue weighted by Gasteiger charge is 2.31. The minimum Gasteiger partial charge on any atom is -0.357 e. The van der Waals surface area contributed by atoms with Crippen LogP contribution in [0.5, 0.6) is 0 Å². The third kappa shape index (κ3) is 6.11. The molecule has 0 bridgehead atoms. The van der Waals surface area contributed by atoms with Crippen LogP contribution in [-0.4, -0.2) is 42.4 Å². The van der Waals surface area contributed by atoms with Crippen LogP contribution in [0.1, 0.15) is 51.0 Å². The number of rotatable bonds is 5. The van der Waals surface area contributed by atoms with Gasteiger partial charge >= 0.3 is 0 Å². The van der Waals surface area contributed by atoms with E-state index in [4.69, 9.17) is 0 Å². The van der Waals surface area contributed by atoms with Crippen LogP contribution in [0.25, 0.3) is 0 Å². The zero-order valence-electron chi connectivity index (χ0n) is 15.6. The van der Waals surface area contributed by atoms with Crippen molar-refractivity contribution < 1.29 is 4.79 Å². The second kappa shape index (κ2) is 11.1. The Labute approximate surface area is 178 Å². The number of nitrogens with one attached hydrogen (secondary N) is 2. The molecular weight excluding hydrogens is 459 g/mol. The van der Waals surface area contributed by atoms with E-state index in [2.05, 4.69) is 44.3 Å². The minimum atomic E-state index is 0. The number of guanidine groups is 1. The van der Waals surface area contributed by atoms with Gasteiger partial charge in [0.1, 0.15) is 0 Å². The third-order valence-corrected chi connectivity index (χ3v) is 5.87. The van der Waals surface area contributed by atoms with Crippen LogP contribution < -0.4 is 10.6 Å². The summed E-state index contributed by atoms with van der Waals surface area (Å²) >= 11 is 1.70. The molecule has 1 aliphatic carbocycles. The predicted octanol–water partition coefficient (Wildman–Crippen LogP) is 3.60. The largest absolute Gasteiger partial charge is 0.357 e. The molecule has 1 aromatic heterocycles. The number of hydrogen-bond acceptors (Lipinski definition) is 3. The highest BCUT2D eigenvalue weighted by molar-refractivity contribution is 14.0. The SMILES string of the molecule is CCNC(=NCc1ccsc1)NC1CCN(C(=O)C2CCCCC2)C1.I. The quantitative estimate of drug-likeness (QED) is 0.377. The Bertz CT molecular complexity index is 572. The van der Waals surface area contributed by atoms with E-state index in [0.29, 0.717) is 18.5 Å². The van der Waals surface area contributed by atoms with Gasteiger partial charge in [0, 0.05) is 31.6 Å². The molecule has 146 valence electrons. The zero-order valence-corrected chi connectivity index (χ0v) is 18.7. The molecule has 0 spiro atoms. The number of likely N-dealkylation sites (tertiary alicyclic amines) is 1. The normalized spacial score (nSPS) is 21.3. The second-order valence-electron chi connectivity index (χ2n) is 7.08. The van der Waals surface area contributed by atoms with Crippen LogP contribution in [0, 0.1) is 5.92 Å². The fourth-order valence-electron chi connectivity index (χ4n) is 3.75. The van der Waals surface area contributed by atoms with Crippen molar-refractivity contribution in [2.24, 2.45) is 10.9 Å². The van der Waals surface area contributed by atoms with Gasteiger partial charge in [0.2, 0.25) is 5.91 Å². The fraction of sp³-hybridized carbons (Fsp3) is 0.684. The Morgan fingerprint density at radius 2 is 2.12 bits per heavy atom. The Balaban J connectivity index is 0.00000243. The van der Waals surface area contributed by atoms with E-state index >= 15 is 0 Å². The number of carbonyl (C=O) groups excluding carboxylic acids is 1. The summed E-state index contributed by atoms with van der Waals surface area (Å²) in [5.41, 5.74) is 1.24. The fourth-order valence-corrected chi connectivity index (χ4v) is 4.41. The number of amides is 1. The molecule has 2 fully saturated rings. The lowest BCUT2D eigenvalue weighted by atomic mass is 9.88. The number of nitrogens with zero attached hydrogens (tertiary/aromatic N) is 2. The number of thiophene rings is 1. The van der Waals surface area contributed by atoms with Gasteiger partial charge in [0.25, 0.3) is 0 Å². The van der Waals surface area contributed by atoms with Gasteiger partial charge < -0.3 is 15.5 Å². The van der Waals surface area contributed by atoms with Gasteiger partial charge in [-0.3, -0.25) is 4.79 Å². The van der Waals surface area contributed by atoms with Crippen LogP contribution in [0.3, 0.4) is 0 Å². The molecule has 5 nitrogen and oxygen atoms in total. The van der Waals surface area contributed by atoms with E-state index in [1.807, 2.05) is 0 Å². The number of halogens is 1. The van der Waals surface area contributed by atoms with Gasteiger partial charge in [0.15, 0.2) is 5.96 Å². The molecule has 0 aromatic carbocycles. The molecule has 0 radical (unpaired) electrons. The lowest BCUT2D eigenvalue weighted by molar-refractivity contribution is -0.135. The van der Waals surface area contributed by atoms with Crippen molar-refractivity contribution in [2.75, 3.05) is 19.6 Å². The van der Waals surface area contributed by atoms with E-state index in [0.717, 1.165) is 44.9 Å². The summed E-state index contributed by atoms with van der Waals surface area (Å²) in [5, 5.41) is 11.0. The molecule has 1 saturated heterocycles. The Kier molecular flexibility index (Phi) is 9.18. The first-order valence-corrected chi connectivity index (χ1v) is 10.5. The highest BCUT2D eigenvalue weighted by Crippen LogP contribution is 2.26. The molecule has 2 aliphatic rings. The summed E-state index contributed by atoms with van der Waals surface area (Å²) in [6.07, 6.45) is 6.88. The summed E-state index contributed by atoms with van der Waals surface area (Å²) in [6, 6.07) is 2.41. The maximum absolute atomic E-state index is 12.7. The van der Waals surface area contributed by atoms with Crippen LogP contribution >= 0.6 is 35.3 Å². The molecule has 1 unspecified atom stereocenters. The average molecular weight is 490 g/mol. The standard InChI is InChI=1S/C19H30N4OS.HI/c1-2-20-19(21-12-15-9-11-25-14-15)22-17-8-10-23(13-17)18(24)16-6-4-3-5-7-16;/h9,11,14,16-17H,2-8,10,12-13H2,1H3,(H2,20,21,22);1H. The molecule has 1 saturated carbocycles. The maximum atomic E-state index is 12.7. The maximum Gasteiger partial charge on any atom is 0.225 e. The van der Waals surface area contributed by atoms with E-state index in [1.165, 1.54) is 24.8 Å². The van der Waals surface area contributed by atoms with Crippen LogP contribution in [-0.2, 0) is 11.3 Å². The monoisotopic (exact) mass is 490 g/mol. The Hall–Kier alpha value is -0.830. The van der Waals surface area contributed by atoms with E-state index < -0.39 is 0 Å². The molecule has 7 heteroatoms. The van der Waals surface area contributed by atoms with Crippen molar-refractivity contribution in [3.05, 3.63) is 22.4 Å². The highest BCUT2D eigenvalue weighted by atomic mass is 127. The summed E-state index contributed by atoms with van der Waals surface area (Å²) in [6.45, 7) is 5.29. The molecule has 26 heavy (non-hydrogen) atoms. The van der Waals surface area contributed by atoms with E-state index in [1.54, 1.807) is 11.3 Å². The van der Waals surface area contributed by atoms with Gasteiger partial charge in [0.05, 0.1) is 6.54 Å². The van der Waals surface area contributed by atoms with Crippen LogP contribution in [0.4, 0.5) is 0 Å². The molecular formula is C19H31IN4OS. The molecule has 1 amide bonds. The third-order valence-electron chi connectivity index (χ3n) is 5.14. The Morgan fingerprint density at radius 1 is 1.31 bits per heavy atom. The first-order valence-electron chi connectivity index (χ1n) is 9.61. The van der Waals surface area contributed by atoms with Gasteiger partial charge in [-0.15, -0.1) is 24.0 Å². The van der Waals surface area contributed by atoms with E-state index in [9.17, 15) is 4.79 Å². The Morgan fingerprint density at radius 3 is 2.81 bits per heavy atom. The van der Waals surface area contributed by atoms with E-state index in [-0.39, 0.29) is 29.9 Å². The predicted molar refractivity (Wildman–Crippen MR) is 119 cm³/mol. The lowest BCUT2D eigenvalue weighted by Crippen LogP contribution is -2.45. The summed E-state index contributed by atoms with van der Waals surface area (Å²) < 4.78 is 0. The number of hydrogen-bond donors (Lipinski definition) is 2. The van der Waals surface area contributed by atoms with Gasteiger partial charge in [-0.05, 0) is 48.6 Å². The van der Waals surface area contributed by atoms with Gasteiger partial charge in [-0.1, -0.05) is 19.3 Å². The smallest absolute Gasteiger partial charge is 0.225 e. The zero-order chi connectivity index (χ0) is 17.5. The average Bonchev–Trinajstić information content (AvgIpc) is 3.32. The molecule has 1 aromatic rings. The van der Waals surface area contributed by atoms with Crippen molar-refractivity contribution in [1.29, 1.82) is 0 Å². The molecule has 1 atom stereocenters. The summed E-state index contributed by atoms with van der Waals surface area (Å²) in [5.74, 6) is 1.50. The first-order chi connectivity index (χ1) is 12.3. The first kappa shape index (κ1) is 21.5. The molecule has 2 heterocycles. The molecule has 1 aliphatic heterocycles. The van der Waals surface area contributed by atoms with Crippen LogP contribution in [0.15, 0.2) is 21.8 Å². The van der Waals surface area contributed by atoms with Crippen molar-refractivity contribution in [2.45, 2.75) is 58.0 Å². The molecule has 3 rings (SSSR count). The van der Waals surface area contributed by atoms with Gasteiger partial charge in [-0.25, -0.2) is 4.99 Å². The van der Waals surface area contributed by atoms with Crippen molar-refractivity contribution in [1.82, 2.24) is 15.5 Å². The lowest BCUT2D eigenvalue weighted by Gasteiger charge is -2.26. The summed E-state index contributed by atoms with van der Waals surface area (Å²) in [4.78, 5) is 19.4.